The van der Waals surface area contributed by atoms with Crippen LogP contribution in [0.5, 0.6) is 0 Å². The van der Waals surface area contributed by atoms with E-state index in [4.69, 9.17) is 0 Å². The van der Waals surface area contributed by atoms with Crippen LogP contribution in [0.4, 0.5) is 0 Å². The lowest BCUT2D eigenvalue weighted by Crippen LogP contribution is -2.47. The lowest BCUT2D eigenvalue weighted by molar-refractivity contribution is -0.123. The average molecular weight is 610 g/mol. The topological polar surface area (TPSA) is 119 Å². The third-order valence-corrected chi connectivity index (χ3v) is 9.73. The van der Waals surface area contributed by atoms with Gasteiger partial charge in [0.15, 0.2) is 0 Å². The van der Waals surface area contributed by atoms with Gasteiger partial charge in [-0.15, -0.1) is 0 Å². The summed E-state index contributed by atoms with van der Waals surface area (Å²) in [6, 6.07) is 25.1. The van der Waals surface area contributed by atoms with Gasteiger partial charge in [0, 0.05) is 25.0 Å². The first-order valence-electron chi connectivity index (χ1n) is 15.1. The number of sulfonamides is 1. The van der Waals surface area contributed by atoms with E-state index in [0.717, 1.165) is 11.1 Å². The molecule has 2 atom stereocenters. The number of nitrogens with one attached hydrogen (secondary N) is 2. The molecule has 4 N–H and O–H groups in total. The third kappa shape index (κ3) is 9.71. The molecule has 0 fully saturated rings. The number of carbonyl (C=O) groups is 1. The first-order chi connectivity index (χ1) is 20.7. The van der Waals surface area contributed by atoms with Crippen LogP contribution >= 0.6 is 0 Å². The van der Waals surface area contributed by atoms with Gasteiger partial charge in [0.05, 0.1) is 24.2 Å². The van der Waals surface area contributed by atoms with Crippen molar-refractivity contribution < 1.29 is 23.4 Å². The normalized spacial score (nSPS) is 13.4. The van der Waals surface area contributed by atoms with Gasteiger partial charge in [-0.05, 0) is 61.1 Å². The Bertz CT molecular complexity index is 1300. The van der Waals surface area contributed by atoms with Gasteiger partial charge in [0.25, 0.3) is 0 Å². The Morgan fingerprint density at radius 2 is 1.42 bits per heavy atom. The molecular weight excluding hydrogens is 562 g/mol. The number of nitrogens with zero attached hydrogens (tertiary/aromatic N) is 1. The molecule has 0 heterocycles. The number of aliphatic hydroxyl groups is 2. The number of rotatable bonds is 18. The number of amides is 1. The van der Waals surface area contributed by atoms with Crippen LogP contribution in [0.1, 0.15) is 62.1 Å². The summed E-state index contributed by atoms with van der Waals surface area (Å²) in [4.78, 5) is 13.5. The highest BCUT2D eigenvalue weighted by Gasteiger charge is 2.32. The van der Waals surface area contributed by atoms with Crippen molar-refractivity contribution in [3.63, 3.8) is 0 Å². The molecule has 0 aliphatic rings. The van der Waals surface area contributed by atoms with Gasteiger partial charge in [-0.2, -0.15) is 4.31 Å². The van der Waals surface area contributed by atoms with Gasteiger partial charge in [-0.3, -0.25) is 4.79 Å². The largest absolute Gasteiger partial charge is 0.395 e. The van der Waals surface area contributed by atoms with Gasteiger partial charge >= 0.3 is 0 Å². The molecule has 0 bridgehead atoms. The standard InChI is InChI=1S/C34H47N3O5S/c1-26(2)21-23-37(43(41,42)31-19-17-27(24-38)18-20-31)30(25-39)16-10-11-22-36-34(40)33(35-3)32(28-12-6-4-7-13-28)29-14-8-5-9-15-29/h4-9,12-15,17-20,26,30,32-33,35,38-39H,10-11,16,21-25H2,1-3H3,(H,36,40). The van der Waals surface area contributed by atoms with Crippen molar-refractivity contribution >= 4 is 15.9 Å². The minimum atomic E-state index is -3.85. The number of aliphatic hydroxyl groups excluding tert-OH is 2. The average Bonchev–Trinajstić information content (AvgIpc) is 3.02. The predicted octanol–water partition coefficient (Wildman–Crippen LogP) is 4.28. The smallest absolute Gasteiger partial charge is 0.243 e. The molecule has 2 unspecified atom stereocenters. The minimum absolute atomic E-state index is 0.105. The molecule has 0 aliphatic carbocycles. The monoisotopic (exact) mass is 609 g/mol. The van der Waals surface area contributed by atoms with E-state index in [-0.39, 0.29) is 29.9 Å². The Kier molecular flexibility index (Phi) is 13.8. The molecule has 3 aromatic rings. The summed E-state index contributed by atoms with van der Waals surface area (Å²) in [6.07, 6.45) is 2.40. The quantitative estimate of drug-likeness (QED) is 0.160. The fourth-order valence-corrected chi connectivity index (χ4v) is 6.95. The van der Waals surface area contributed by atoms with Crippen molar-refractivity contribution in [3.05, 3.63) is 102 Å². The Morgan fingerprint density at radius 3 is 1.91 bits per heavy atom. The van der Waals surface area contributed by atoms with Gasteiger partial charge in [-0.25, -0.2) is 8.42 Å². The molecule has 43 heavy (non-hydrogen) atoms. The number of hydrogen-bond acceptors (Lipinski definition) is 6. The van der Waals surface area contributed by atoms with Crippen LogP contribution in [0.25, 0.3) is 0 Å². The molecule has 9 heteroatoms. The minimum Gasteiger partial charge on any atom is -0.395 e. The fraction of sp³-hybridized carbons (Fsp3) is 0.441. The summed E-state index contributed by atoms with van der Waals surface area (Å²) < 4.78 is 28.7. The van der Waals surface area contributed by atoms with E-state index in [1.807, 2.05) is 74.5 Å². The SMILES string of the molecule is CNC(C(=O)NCCCCC(CO)N(CCC(C)C)S(=O)(=O)c1ccc(CO)cc1)C(c1ccccc1)c1ccccc1. The van der Waals surface area contributed by atoms with Crippen LogP contribution in [0.15, 0.2) is 89.8 Å². The molecule has 234 valence electrons. The Balaban J connectivity index is 1.64. The zero-order valence-electron chi connectivity index (χ0n) is 25.5. The lowest BCUT2D eigenvalue weighted by Gasteiger charge is -2.30. The summed E-state index contributed by atoms with van der Waals surface area (Å²) in [7, 11) is -2.06. The summed E-state index contributed by atoms with van der Waals surface area (Å²) in [5.41, 5.74) is 2.72. The highest BCUT2D eigenvalue weighted by Crippen LogP contribution is 2.28. The van der Waals surface area contributed by atoms with Crippen LogP contribution < -0.4 is 10.6 Å². The summed E-state index contributed by atoms with van der Waals surface area (Å²) in [5.74, 6) is 0.0171. The van der Waals surface area contributed by atoms with Crippen molar-refractivity contribution in [1.82, 2.24) is 14.9 Å². The second-order valence-corrected chi connectivity index (χ2v) is 13.2. The fourth-order valence-electron chi connectivity index (χ4n) is 5.29. The van der Waals surface area contributed by atoms with Gasteiger partial charge in [0.2, 0.25) is 15.9 Å². The van der Waals surface area contributed by atoms with E-state index >= 15 is 0 Å². The molecule has 0 aromatic heterocycles. The first-order valence-corrected chi connectivity index (χ1v) is 16.5. The number of unbranched alkanes of at least 4 members (excludes halogenated alkanes) is 1. The molecule has 3 aromatic carbocycles. The molecular formula is C34H47N3O5S. The van der Waals surface area contributed by atoms with Crippen molar-refractivity contribution in [1.29, 1.82) is 0 Å². The number of likely N-dealkylation sites (N-methyl/N-ethyl adjacent to an activating group) is 1. The third-order valence-electron chi connectivity index (χ3n) is 7.76. The second-order valence-electron chi connectivity index (χ2n) is 11.3. The highest BCUT2D eigenvalue weighted by molar-refractivity contribution is 7.89. The number of benzene rings is 3. The number of hydrogen-bond donors (Lipinski definition) is 4. The molecule has 8 nitrogen and oxygen atoms in total. The first kappa shape index (κ1) is 34.4. The van der Waals surface area contributed by atoms with Crippen LogP contribution in [-0.4, -0.2) is 67.7 Å². The van der Waals surface area contributed by atoms with E-state index in [9.17, 15) is 23.4 Å². The van der Waals surface area contributed by atoms with Crippen LogP contribution in [0.2, 0.25) is 0 Å². The highest BCUT2D eigenvalue weighted by atomic mass is 32.2. The molecule has 0 aliphatic heterocycles. The van der Waals surface area contributed by atoms with E-state index in [0.29, 0.717) is 50.3 Å². The lowest BCUT2D eigenvalue weighted by atomic mass is 9.84. The molecule has 0 saturated carbocycles. The maximum absolute atomic E-state index is 13.6. The summed E-state index contributed by atoms with van der Waals surface area (Å²) >= 11 is 0. The van der Waals surface area contributed by atoms with E-state index in [1.54, 1.807) is 19.2 Å². The van der Waals surface area contributed by atoms with Crippen LogP contribution in [0.3, 0.4) is 0 Å². The van der Waals surface area contributed by atoms with Crippen molar-refractivity contribution in [2.45, 2.75) is 69.0 Å². The van der Waals surface area contributed by atoms with Crippen LogP contribution in [-0.2, 0) is 21.4 Å². The van der Waals surface area contributed by atoms with Crippen molar-refractivity contribution in [2.75, 3.05) is 26.7 Å². The van der Waals surface area contributed by atoms with E-state index in [2.05, 4.69) is 10.6 Å². The summed E-state index contributed by atoms with van der Waals surface area (Å²) in [6.45, 7) is 4.35. The van der Waals surface area contributed by atoms with Crippen molar-refractivity contribution in [3.8, 4) is 0 Å². The summed E-state index contributed by atoms with van der Waals surface area (Å²) in [5, 5.41) is 25.9. The van der Waals surface area contributed by atoms with Gasteiger partial charge in [0.1, 0.15) is 0 Å². The Labute approximate surface area is 257 Å². The van der Waals surface area contributed by atoms with Gasteiger partial charge in [-0.1, -0.05) is 93.1 Å². The van der Waals surface area contributed by atoms with E-state index < -0.39 is 22.1 Å². The molecule has 0 saturated heterocycles. The van der Waals surface area contributed by atoms with Gasteiger partial charge < -0.3 is 20.8 Å². The zero-order chi connectivity index (χ0) is 31.2. The predicted molar refractivity (Wildman–Crippen MR) is 171 cm³/mol. The molecule has 3 rings (SSSR count). The molecule has 0 spiro atoms. The Hall–Kier alpha value is -3.08. The zero-order valence-corrected chi connectivity index (χ0v) is 26.3. The molecule has 0 radical (unpaired) electrons. The Morgan fingerprint density at radius 1 is 0.837 bits per heavy atom. The maximum atomic E-state index is 13.6. The van der Waals surface area contributed by atoms with Crippen molar-refractivity contribution in [2.24, 2.45) is 5.92 Å². The van der Waals surface area contributed by atoms with E-state index in [1.165, 1.54) is 16.4 Å². The molecule has 1 amide bonds. The maximum Gasteiger partial charge on any atom is 0.243 e. The second kappa shape index (κ2) is 17.3. The number of carbonyl (C=O) groups excluding carboxylic acids is 1. The van der Waals surface area contributed by atoms with Crippen LogP contribution in [0, 0.1) is 5.92 Å².